The summed E-state index contributed by atoms with van der Waals surface area (Å²) >= 11 is 1.28. The van der Waals surface area contributed by atoms with Crippen LogP contribution in [0.5, 0.6) is 0 Å². The van der Waals surface area contributed by atoms with Gasteiger partial charge in [-0.1, -0.05) is 24.3 Å². The maximum absolute atomic E-state index is 12.8. The Labute approximate surface area is 181 Å². The fourth-order valence-corrected chi connectivity index (χ4v) is 4.15. The molecule has 1 aromatic heterocycles. The number of aromatic nitrogens is 1. The molecule has 0 fully saturated rings. The average molecular weight is 437 g/mol. The summed E-state index contributed by atoms with van der Waals surface area (Å²) in [7, 11) is 0. The van der Waals surface area contributed by atoms with E-state index in [-0.39, 0.29) is 31.2 Å². The number of nitrogens with one attached hydrogen (secondary N) is 1. The van der Waals surface area contributed by atoms with Gasteiger partial charge < -0.3 is 4.74 Å². The highest BCUT2D eigenvalue weighted by Gasteiger charge is 2.32. The van der Waals surface area contributed by atoms with Crippen LogP contribution in [0.25, 0.3) is 10.8 Å². The van der Waals surface area contributed by atoms with Crippen molar-refractivity contribution in [2.75, 3.05) is 18.5 Å². The van der Waals surface area contributed by atoms with Crippen LogP contribution in [-0.4, -0.2) is 46.7 Å². The Morgan fingerprint density at radius 3 is 2.39 bits per heavy atom. The van der Waals surface area contributed by atoms with E-state index in [1.54, 1.807) is 29.6 Å². The van der Waals surface area contributed by atoms with Gasteiger partial charge in [-0.3, -0.25) is 29.4 Å². The van der Waals surface area contributed by atoms with Gasteiger partial charge in [0.2, 0.25) is 0 Å². The Morgan fingerprint density at radius 1 is 1.10 bits per heavy atom. The molecule has 1 N–H and O–H groups in total. The van der Waals surface area contributed by atoms with Crippen molar-refractivity contribution in [1.29, 1.82) is 0 Å². The number of ether oxygens (including phenoxy) is 1. The van der Waals surface area contributed by atoms with E-state index < -0.39 is 18.5 Å². The lowest BCUT2D eigenvalue weighted by Gasteiger charge is -2.27. The van der Waals surface area contributed by atoms with E-state index in [9.17, 15) is 19.2 Å². The van der Waals surface area contributed by atoms with Gasteiger partial charge in [-0.05, 0) is 30.9 Å². The molecule has 1 aliphatic heterocycles. The summed E-state index contributed by atoms with van der Waals surface area (Å²) in [6.45, 7) is 1.47. The van der Waals surface area contributed by atoms with Crippen LogP contribution in [0.15, 0.2) is 41.8 Å². The van der Waals surface area contributed by atoms with Gasteiger partial charge in [-0.15, -0.1) is 11.3 Å². The number of hydrogen-bond donors (Lipinski definition) is 1. The van der Waals surface area contributed by atoms with Crippen molar-refractivity contribution in [3.63, 3.8) is 0 Å². The molecule has 31 heavy (non-hydrogen) atoms. The van der Waals surface area contributed by atoms with E-state index in [0.717, 1.165) is 16.0 Å². The second-order valence-electron chi connectivity index (χ2n) is 7.08. The zero-order chi connectivity index (χ0) is 22.0. The molecule has 0 unspecified atom stereocenters. The van der Waals surface area contributed by atoms with E-state index >= 15 is 0 Å². The molecule has 0 atom stereocenters. The molecule has 158 valence electrons. The van der Waals surface area contributed by atoms with Gasteiger partial charge in [0.05, 0.1) is 5.69 Å². The highest BCUT2D eigenvalue weighted by atomic mass is 32.1. The first-order chi connectivity index (χ1) is 14.9. The molecule has 0 saturated heterocycles. The molecule has 8 nitrogen and oxygen atoms in total. The molecule has 3 aromatic rings. The van der Waals surface area contributed by atoms with Crippen molar-refractivity contribution in [2.24, 2.45) is 0 Å². The third-order valence-electron chi connectivity index (χ3n) is 4.85. The summed E-state index contributed by atoms with van der Waals surface area (Å²) in [5, 5.41) is 6.29. The summed E-state index contributed by atoms with van der Waals surface area (Å²) in [5.74, 6) is -1.81. The van der Waals surface area contributed by atoms with Gasteiger partial charge in [0.15, 0.2) is 11.7 Å². The van der Waals surface area contributed by atoms with Gasteiger partial charge in [-0.25, -0.2) is 4.98 Å². The van der Waals surface area contributed by atoms with E-state index in [1.807, 2.05) is 19.1 Å². The van der Waals surface area contributed by atoms with Crippen molar-refractivity contribution in [2.45, 2.75) is 19.8 Å². The highest BCUT2D eigenvalue weighted by molar-refractivity contribution is 7.13. The first-order valence-electron chi connectivity index (χ1n) is 9.69. The fourth-order valence-electron chi connectivity index (χ4n) is 3.45. The molecule has 0 bridgehead atoms. The Morgan fingerprint density at radius 2 is 1.77 bits per heavy atom. The minimum atomic E-state index is -0.579. The maximum atomic E-state index is 12.8. The lowest BCUT2D eigenvalue weighted by molar-refractivity contribution is -0.147. The van der Waals surface area contributed by atoms with Crippen LogP contribution in [0.3, 0.4) is 0 Å². The van der Waals surface area contributed by atoms with Crippen molar-refractivity contribution < 1.29 is 23.9 Å². The van der Waals surface area contributed by atoms with Crippen molar-refractivity contribution in [1.82, 2.24) is 9.88 Å². The largest absolute Gasteiger partial charge is 0.456 e. The number of imide groups is 1. The Balaban J connectivity index is 1.29. The lowest BCUT2D eigenvalue weighted by Crippen LogP contribution is -2.41. The van der Waals surface area contributed by atoms with Gasteiger partial charge in [0.1, 0.15) is 0 Å². The lowest BCUT2D eigenvalue weighted by atomic mass is 9.94. The van der Waals surface area contributed by atoms with Crippen LogP contribution in [0.4, 0.5) is 5.13 Å². The van der Waals surface area contributed by atoms with E-state index in [0.29, 0.717) is 21.6 Å². The van der Waals surface area contributed by atoms with Crippen LogP contribution in [0.1, 0.15) is 39.3 Å². The van der Waals surface area contributed by atoms with Crippen LogP contribution < -0.4 is 5.32 Å². The number of benzene rings is 2. The first kappa shape index (κ1) is 20.7. The standard InChI is InChI=1S/C22H19N3O5S/c1-13-12-31-22(23-13)24-17(26)11-30-18(27)9-4-10-25-20(28)15-7-2-5-14-6-3-8-16(19(14)15)21(25)29/h2-3,5-8,12H,4,9-11H2,1H3,(H,23,24,26). The number of anilines is 1. The Bertz CT molecular complexity index is 1150. The second-order valence-corrected chi connectivity index (χ2v) is 7.94. The Hall–Kier alpha value is -3.59. The minimum absolute atomic E-state index is 0.0213. The van der Waals surface area contributed by atoms with Gasteiger partial charge in [0, 0.05) is 34.9 Å². The topological polar surface area (TPSA) is 106 Å². The highest BCUT2D eigenvalue weighted by Crippen LogP contribution is 2.30. The predicted molar refractivity (Wildman–Crippen MR) is 115 cm³/mol. The Kier molecular flexibility index (Phi) is 5.77. The average Bonchev–Trinajstić information content (AvgIpc) is 3.17. The molecule has 3 amide bonds. The third kappa shape index (κ3) is 4.31. The van der Waals surface area contributed by atoms with Gasteiger partial charge in [0.25, 0.3) is 17.7 Å². The summed E-state index contributed by atoms with van der Waals surface area (Å²) < 4.78 is 4.97. The number of amides is 3. The summed E-state index contributed by atoms with van der Waals surface area (Å²) in [6.07, 6.45) is 0.217. The molecule has 4 rings (SSSR count). The summed E-state index contributed by atoms with van der Waals surface area (Å²) in [5.41, 5.74) is 1.74. The van der Waals surface area contributed by atoms with Gasteiger partial charge >= 0.3 is 5.97 Å². The van der Waals surface area contributed by atoms with Crippen molar-refractivity contribution in [3.8, 4) is 0 Å². The van der Waals surface area contributed by atoms with Gasteiger partial charge in [-0.2, -0.15) is 0 Å². The monoisotopic (exact) mass is 437 g/mol. The zero-order valence-electron chi connectivity index (χ0n) is 16.7. The van der Waals surface area contributed by atoms with Crippen molar-refractivity contribution in [3.05, 3.63) is 58.6 Å². The minimum Gasteiger partial charge on any atom is -0.456 e. The number of esters is 1. The molecule has 2 heterocycles. The second kappa shape index (κ2) is 8.65. The quantitative estimate of drug-likeness (QED) is 0.450. The fraction of sp³-hybridized carbons (Fsp3) is 0.227. The van der Waals surface area contributed by atoms with E-state index in [2.05, 4.69) is 10.3 Å². The van der Waals surface area contributed by atoms with E-state index in [1.165, 1.54) is 11.3 Å². The molecule has 0 spiro atoms. The number of aryl methyl sites for hydroxylation is 1. The number of carbonyl (C=O) groups excluding carboxylic acids is 4. The van der Waals surface area contributed by atoms with Crippen LogP contribution in [0, 0.1) is 6.92 Å². The third-order valence-corrected chi connectivity index (χ3v) is 5.72. The van der Waals surface area contributed by atoms with Crippen molar-refractivity contribution >= 4 is 50.9 Å². The molecular formula is C22H19N3O5S. The first-order valence-corrected chi connectivity index (χ1v) is 10.6. The molecular weight excluding hydrogens is 418 g/mol. The molecule has 1 aliphatic rings. The van der Waals surface area contributed by atoms with Crippen LogP contribution in [-0.2, 0) is 14.3 Å². The van der Waals surface area contributed by atoms with Crippen LogP contribution >= 0.6 is 11.3 Å². The maximum Gasteiger partial charge on any atom is 0.306 e. The number of thiazole rings is 1. The number of carbonyl (C=O) groups is 4. The molecule has 9 heteroatoms. The molecule has 0 radical (unpaired) electrons. The zero-order valence-corrected chi connectivity index (χ0v) is 17.5. The molecule has 2 aromatic carbocycles. The number of hydrogen-bond acceptors (Lipinski definition) is 7. The normalized spacial score (nSPS) is 12.9. The SMILES string of the molecule is Cc1csc(NC(=O)COC(=O)CCCN2C(=O)c3cccc4cccc(c34)C2=O)n1. The van der Waals surface area contributed by atoms with Crippen LogP contribution in [0.2, 0.25) is 0 Å². The summed E-state index contributed by atoms with van der Waals surface area (Å²) in [4.78, 5) is 54.7. The number of nitrogens with zero attached hydrogens (tertiary/aromatic N) is 2. The summed E-state index contributed by atoms with van der Waals surface area (Å²) in [6, 6.07) is 10.7. The van der Waals surface area contributed by atoms with E-state index in [4.69, 9.17) is 4.74 Å². The number of rotatable bonds is 7. The molecule has 0 aliphatic carbocycles. The smallest absolute Gasteiger partial charge is 0.306 e. The molecule has 0 saturated carbocycles. The predicted octanol–water partition coefficient (Wildman–Crippen LogP) is 3.16.